The molecule has 0 saturated carbocycles. The molecule has 0 spiro atoms. The maximum absolute atomic E-state index is 12.1. The van der Waals surface area contributed by atoms with Gasteiger partial charge in [0.2, 0.25) is 0 Å². The van der Waals surface area contributed by atoms with Crippen LogP contribution in [0.5, 0.6) is 5.75 Å². The molecule has 176 valence electrons. The van der Waals surface area contributed by atoms with Gasteiger partial charge in [-0.25, -0.2) is 0 Å². The zero-order valence-electron chi connectivity index (χ0n) is 19.0. The molecule has 33 heavy (non-hydrogen) atoms. The van der Waals surface area contributed by atoms with Gasteiger partial charge < -0.3 is 14.4 Å². The standard InChI is InChI=1S/C24H29ClN4O3S/c1-3-32-23(30)17-29-24(22-5-4-14-33-22)18(16-26-29)8-9-27-10-12-28(13-11-27)20-15-19(25)6-7-21(20)31-2/h4-7,14-16H,3,8-13,17H2,1-2H3. The van der Waals surface area contributed by atoms with Crippen LogP contribution in [-0.2, 0) is 22.5 Å². The molecule has 7 nitrogen and oxygen atoms in total. The molecule has 1 aliphatic heterocycles. The van der Waals surface area contributed by atoms with Crippen LogP contribution in [0.3, 0.4) is 0 Å². The highest BCUT2D eigenvalue weighted by atomic mass is 35.5. The van der Waals surface area contributed by atoms with Gasteiger partial charge in [0.15, 0.2) is 0 Å². The van der Waals surface area contributed by atoms with Gasteiger partial charge in [-0.05, 0) is 43.0 Å². The predicted molar refractivity (Wildman–Crippen MR) is 133 cm³/mol. The fourth-order valence-corrected chi connectivity index (χ4v) is 5.13. The first-order valence-corrected chi connectivity index (χ1v) is 12.4. The van der Waals surface area contributed by atoms with Gasteiger partial charge in [-0.2, -0.15) is 5.10 Å². The number of aromatic nitrogens is 2. The van der Waals surface area contributed by atoms with Crippen molar-refractivity contribution < 1.29 is 14.3 Å². The highest BCUT2D eigenvalue weighted by Crippen LogP contribution is 2.32. The minimum Gasteiger partial charge on any atom is -0.495 e. The smallest absolute Gasteiger partial charge is 0.327 e. The van der Waals surface area contributed by atoms with Crippen LogP contribution in [0.4, 0.5) is 5.69 Å². The van der Waals surface area contributed by atoms with Crippen molar-refractivity contribution in [1.82, 2.24) is 14.7 Å². The van der Waals surface area contributed by atoms with E-state index in [1.54, 1.807) is 23.1 Å². The van der Waals surface area contributed by atoms with Gasteiger partial charge in [0.25, 0.3) is 0 Å². The van der Waals surface area contributed by atoms with Crippen molar-refractivity contribution in [2.45, 2.75) is 19.9 Å². The molecule has 4 rings (SSSR count). The van der Waals surface area contributed by atoms with Crippen LogP contribution < -0.4 is 9.64 Å². The summed E-state index contributed by atoms with van der Waals surface area (Å²) >= 11 is 7.88. The van der Waals surface area contributed by atoms with Crippen LogP contribution in [0.15, 0.2) is 41.9 Å². The number of hydrogen-bond donors (Lipinski definition) is 0. The number of nitrogens with zero attached hydrogens (tertiary/aromatic N) is 4. The first kappa shape index (κ1) is 23.6. The molecule has 0 amide bonds. The third-order valence-electron chi connectivity index (χ3n) is 5.81. The minimum atomic E-state index is -0.266. The summed E-state index contributed by atoms with van der Waals surface area (Å²) in [5.41, 5.74) is 3.21. The molecule has 1 saturated heterocycles. The molecule has 0 unspecified atom stereocenters. The van der Waals surface area contributed by atoms with E-state index in [2.05, 4.69) is 21.0 Å². The zero-order chi connectivity index (χ0) is 23.2. The molecule has 0 N–H and O–H groups in total. The van der Waals surface area contributed by atoms with Crippen LogP contribution in [0.2, 0.25) is 5.02 Å². The summed E-state index contributed by atoms with van der Waals surface area (Å²) in [6.07, 6.45) is 2.76. The maximum Gasteiger partial charge on any atom is 0.327 e. The van der Waals surface area contributed by atoms with Crippen molar-refractivity contribution in [2.24, 2.45) is 0 Å². The first-order valence-electron chi connectivity index (χ1n) is 11.1. The van der Waals surface area contributed by atoms with Gasteiger partial charge >= 0.3 is 5.97 Å². The van der Waals surface area contributed by atoms with Crippen LogP contribution in [0, 0.1) is 0 Å². The lowest BCUT2D eigenvalue weighted by molar-refractivity contribution is -0.144. The summed E-state index contributed by atoms with van der Waals surface area (Å²) in [6, 6.07) is 9.84. The van der Waals surface area contributed by atoms with Crippen LogP contribution >= 0.6 is 22.9 Å². The average Bonchev–Trinajstić information content (AvgIpc) is 3.48. The molecule has 1 fully saturated rings. The summed E-state index contributed by atoms with van der Waals surface area (Å²) < 4.78 is 12.4. The Morgan fingerprint density at radius 3 is 2.73 bits per heavy atom. The number of rotatable bonds is 9. The fraction of sp³-hybridized carbons (Fsp3) is 0.417. The Balaban J connectivity index is 1.40. The van der Waals surface area contributed by atoms with E-state index in [9.17, 15) is 4.79 Å². The molecule has 9 heteroatoms. The van der Waals surface area contributed by atoms with E-state index in [0.29, 0.717) is 11.6 Å². The molecule has 2 aromatic heterocycles. The van der Waals surface area contributed by atoms with Gasteiger partial charge in [0.1, 0.15) is 12.3 Å². The molecule has 1 aliphatic rings. The van der Waals surface area contributed by atoms with Crippen molar-refractivity contribution in [2.75, 3.05) is 51.3 Å². The first-order chi connectivity index (χ1) is 16.1. The van der Waals surface area contributed by atoms with Gasteiger partial charge in [0, 0.05) is 43.3 Å². The van der Waals surface area contributed by atoms with E-state index in [0.717, 1.165) is 66.7 Å². The van der Waals surface area contributed by atoms with Crippen molar-refractivity contribution >= 4 is 34.6 Å². The number of anilines is 1. The lowest BCUT2D eigenvalue weighted by atomic mass is 10.1. The van der Waals surface area contributed by atoms with Crippen molar-refractivity contribution in [3.05, 3.63) is 52.5 Å². The number of ether oxygens (including phenoxy) is 2. The van der Waals surface area contributed by atoms with E-state index < -0.39 is 0 Å². The number of benzene rings is 1. The Morgan fingerprint density at radius 1 is 1.21 bits per heavy atom. The molecule has 0 radical (unpaired) electrons. The number of halogens is 1. The number of carbonyl (C=O) groups is 1. The Morgan fingerprint density at radius 2 is 2.03 bits per heavy atom. The van der Waals surface area contributed by atoms with Crippen LogP contribution in [0.25, 0.3) is 10.6 Å². The summed E-state index contributed by atoms with van der Waals surface area (Å²) in [7, 11) is 1.69. The quantitative estimate of drug-likeness (QED) is 0.421. The summed E-state index contributed by atoms with van der Waals surface area (Å²) in [4.78, 5) is 18.0. The van der Waals surface area contributed by atoms with Crippen LogP contribution in [-0.4, -0.2) is 67.1 Å². The summed E-state index contributed by atoms with van der Waals surface area (Å²) in [6.45, 7) is 6.99. The monoisotopic (exact) mass is 488 g/mol. The van der Waals surface area contributed by atoms with Crippen LogP contribution in [0.1, 0.15) is 12.5 Å². The minimum absolute atomic E-state index is 0.126. The Hall–Kier alpha value is -2.55. The highest BCUT2D eigenvalue weighted by Gasteiger charge is 2.22. The second-order valence-corrected chi connectivity index (χ2v) is 9.24. The van der Waals surface area contributed by atoms with E-state index in [4.69, 9.17) is 21.1 Å². The third kappa shape index (κ3) is 5.69. The van der Waals surface area contributed by atoms with Gasteiger partial charge in [0.05, 0.1) is 36.2 Å². The predicted octanol–water partition coefficient (Wildman–Crippen LogP) is 4.20. The molecule has 3 aromatic rings. The Bertz CT molecular complexity index is 1060. The van der Waals surface area contributed by atoms with Gasteiger partial charge in [-0.1, -0.05) is 17.7 Å². The molecule has 0 aliphatic carbocycles. The normalized spacial score (nSPS) is 14.5. The van der Waals surface area contributed by atoms with E-state index in [1.165, 1.54) is 0 Å². The summed E-state index contributed by atoms with van der Waals surface area (Å²) in [5.74, 6) is 0.583. The average molecular weight is 489 g/mol. The van der Waals surface area contributed by atoms with E-state index in [-0.39, 0.29) is 12.5 Å². The van der Waals surface area contributed by atoms with E-state index >= 15 is 0 Å². The molecular weight excluding hydrogens is 460 g/mol. The lowest BCUT2D eigenvalue weighted by Crippen LogP contribution is -2.47. The number of hydrogen-bond acceptors (Lipinski definition) is 7. The number of esters is 1. The summed E-state index contributed by atoms with van der Waals surface area (Å²) in [5, 5.41) is 7.27. The Kier molecular flexibility index (Phi) is 7.90. The topological polar surface area (TPSA) is 59.8 Å². The van der Waals surface area contributed by atoms with Crippen molar-refractivity contribution in [3.8, 4) is 16.3 Å². The SMILES string of the molecule is CCOC(=O)Cn1ncc(CCN2CCN(c3cc(Cl)ccc3OC)CC2)c1-c1cccs1. The Labute approximate surface area is 203 Å². The number of methoxy groups -OCH3 is 1. The molecular formula is C24H29ClN4O3S. The second-order valence-electron chi connectivity index (χ2n) is 7.85. The number of carbonyl (C=O) groups excluding carboxylic acids is 1. The number of thiophene rings is 1. The zero-order valence-corrected chi connectivity index (χ0v) is 20.6. The molecule has 0 atom stereocenters. The molecule has 3 heterocycles. The van der Waals surface area contributed by atoms with Gasteiger partial charge in [-0.15, -0.1) is 11.3 Å². The molecule has 1 aromatic carbocycles. The fourth-order valence-electron chi connectivity index (χ4n) is 4.16. The highest BCUT2D eigenvalue weighted by molar-refractivity contribution is 7.13. The third-order valence-corrected chi connectivity index (χ3v) is 6.92. The second kappa shape index (κ2) is 11.0. The van der Waals surface area contributed by atoms with Crippen molar-refractivity contribution in [1.29, 1.82) is 0 Å². The number of piperazine rings is 1. The van der Waals surface area contributed by atoms with E-state index in [1.807, 2.05) is 42.8 Å². The molecule has 0 bridgehead atoms. The maximum atomic E-state index is 12.1. The van der Waals surface area contributed by atoms with Gasteiger partial charge in [-0.3, -0.25) is 14.4 Å². The largest absolute Gasteiger partial charge is 0.495 e. The van der Waals surface area contributed by atoms with Crippen molar-refractivity contribution in [3.63, 3.8) is 0 Å². The lowest BCUT2D eigenvalue weighted by Gasteiger charge is -2.36.